The largest absolute Gasteiger partial charge is 0.372 e. The molecule has 3 heterocycles. The van der Waals surface area contributed by atoms with Crippen molar-refractivity contribution in [3.8, 4) is 0 Å². The minimum absolute atomic E-state index is 0.0162. The number of hydrogen-bond donors (Lipinski definition) is 1. The van der Waals surface area contributed by atoms with Crippen LogP contribution in [-0.4, -0.2) is 40.6 Å². The summed E-state index contributed by atoms with van der Waals surface area (Å²) in [5, 5.41) is 1.93. The Morgan fingerprint density at radius 2 is 1.78 bits per heavy atom. The van der Waals surface area contributed by atoms with Crippen molar-refractivity contribution in [3.05, 3.63) is 101 Å². The minimum atomic E-state index is 0.0162. The van der Waals surface area contributed by atoms with Crippen LogP contribution in [0, 0.1) is 6.92 Å². The van der Waals surface area contributed by atoms with Crippen LogP contribution in [0.5, 0.6) is 0 Å². The number of H-pyrrole nitrogens is 1. The predicted octanol–water partition coefficient (Wildman–Crippen LogP) is 6.92. The third-order valence-corrected chi connectivity index (χ3v) is 8.17. The van der Waals surface area contributed by atoms with E-state index in [1.165, 1.54) is 46.8 Å². The van der Waals surface area contributed by atoms with Crippen molar-refractivity contribution in [2.24, 2.45) is 4.99 Å². The van der Waals surface area contributed by atoms with Crippen LogP contribution in [0.25, 0.3) is 17.0 Å². The third kappa shape index (κ3) is 4.94. The molecule has 2 saturated heterocycles. The van der Waals surface area contributed by atoms with Gasteiger partial charge in [-0.3, -0.25) is 9.69 Å². The second-order valence-corrected chi connectivity index (χ2v) is 10.7. The number of nitrogens with one attached hydrogen (secondary N) is 1. The standard InChI is InChI=1S/C31H30N4OS/c1-22-19-26(34-16-7-8-17-34)14-13-23(22)20-29-30(36)35(31(37-29)33-25-9-3-2-4-10-25)18-15-24-21-32-28-12-6-5-11-27(24)28/h2-6,9-14,19-21,32H,7-8,15-18H2,1H3/b29-20-,33-31?. The second-order valence-electron chi connectivity index (χ2n) is 9.64. The fourth-order valence-electron chi connectivity index (χ4n) is 5.11. The Hall–Kier alpha value is -3.77. The Morgan fingerprint density at radius 1 is 1.00 bits per heavy atom. The Kier molecular flexibility index (Phi) is 6.58. The van der Waals surface area contributed by atoms with Gasteiger partial charge in [0.25, 0.3) is 5.91 Å². The van der Waals surface area contributed by atoms with Gasteiger partial charge in [0, 0.05) is 42.4 Å². The van der Waals surface area contributed by atoms with Gasteiger partial charge in [-0.15, -0.1) is 0 Å². The van der Waals surface area contributed by atoms with Crippen LogP contribution in [0.3, 0.4) is 0 Å². The van der Waals surface area contributed by atoms with Gasteiger partial charge in [-0.1, -0.05) is 42.5 Å². The van der Waals surface area contributed by atoms with E-state index in [1.807, 2.05) is 47.4 Å². The minimum Gasteiger partial charge on any atom is -0.372 e. The van der Waals surface area contributed by atoms with E-state index in [9.17, 15) is 4.79 Å². The van der Waals surface area contributed by atoms with E-state index in [0.29, 0.717) is 11.4 Å². The van der Waals surface area contributed by atoms with Gasteiger partial charge in [0.1, 0.15) is 0 Å². The molecule has 0 bridgehead atoms. The zero-order valence-electron chi connectivity index (χ0n) is 21.0. The van der Waals surface area contributed by atoms with Crippen molar-refractivity contribution in [1.82, 2.24) is 9.88 Å². The van der Waals surface area contributed by atoms with E-state index < -0.39 is 0 Å². The Morgan fingerprint density at radius 3 is 2.59 bits per heavy atom. The maximum absolute atomic E-state index is 13.7. The van der Waals surface area contributed by atoms with Crippen molar-refractivity contribution >= 4 is 51.2 Å². The number of aliphatic imine (C=N–C) groups is 1. The lowest BCUT2D eigenvalue weighted by Gasteiger charge is -2.18. The number of amides is 1. The molecule has 1 aromatic heterocycles. The molecule has 0 saturated carbocycles. The first kappa shape index (κ1) is 23.6. The molecule has 5 nitrogen and oxygen atoms in total. The molecular weight excluding hydrogens is 476 g/mol. The van der Waals surface area contributed by atoms with E-state index in [1.54, 1.807) is 0 Å². The molecule has 0 atom stereocenters. The fourth-order valence-corrected chi connectivity index (χ4v) is 6.12. The van der Waals surface area contributed by atoms with Crippen molar-refractivity contribution in [2.75, 3.05) is 24.5 Å². The molecule has 0 unspecified atom stereocenters. The predicted molar refractivity (Wildman–Crippen MR) is 155 cm³/mol. The number of benzene rings is 3. The number of anilines is 1. The molecule has 0 aliphatic carbocycles. The molecule has 2 aliphatic heterocycles. The molecule has 37 heavy (non-hydrogen) atoms. The molecule has 186 valence electrons. The van der Waals surface area contributed by atoms with Crippen molar-refractivity contribution in [3.63, 3.8) is 0 Å². The SMILES string of the molecule is Cc1cc(N2CCCC2)ccc1/C=C1\SC(=Nc2ccccc2)N(CCc2c[nH]c3ccccc23)C1=O. The van der Waals surface area contributed by atoms with Gasteiger partial charge in [-0.25, -0.2) is 4.99 Å². The zero-order chi connectivity index (χ0) is 25.2. The lowest BCUT2D eigenvalue weighted by Crippen LogP contribution is -2.31. The molecule has 1 N–H and O–H groups in total. The first-order valence-corrected chi connectivity index (χ1v) is 13.7. The van der Waals surface area contributed by atoms with Gasteiger partial charge in [0.2, 0.25) is 0 Å². The molecule has 2 aliphatic rings. The summed E-state index contributed by atoms with van der Waals surface area (Å²) in [5.41, 5.74) is 6.71. The summed E-state index contributed by atoms with van der Waals surface area (Å²) in [6.45, 7) is 4.95. The van der Waals surface area contributed by atoms with Gasteiger partial charge in [0.15, 0.2) is 5.17 Å². The molecule has 4 aromatic rings. The molecular formula is C31H30N4OS. The van der Waals surface area contributed by atoms with Crippen molar-refractivity contribution < 1.29 is 4.79 Å². The number of para-hydroxylation sites is 2. The highest BCUT2D eigenvalue weighted by molar-refractivity contribution is 8.18. The lowest BCUT2D eigenvalue weighted by molar-refractivity contribution is -0.122. The smallest absolute Gasteiger partial charge is 0.266 e. The summed E-state index contributed by atoms with van der Waals surface area (Å²) < 4.78 is 0. The molecule has 3 aromatic carbocycles. The van der Waals surface area contributed by atoms with E-state index >= 15 is 0 Å². The molecule has 1 amide bonds. The Bertz CT molecular complexity index is 1500. The van der Waals surface area contributed by atoms with Gasteiger partial charge in [0.05, 0.1) is 10.6 Å². The van der Waals surface area contributed by atoms with Crippen molar-refractivity contribution in [2.45, 2.75) is 26.2 Å². The zero-order valence-corrected chi connectivity index (χ0v) is 21.8. The number of aromatic amines is 1. The maximum atomic E-state index is 13.7. The van der Waals surface area contributed by atoms with Gasteiger partial charge in [-0.2, -0.15) is 0 Å². The summed E-state index contributed by atoms with van der Waals surface area (Å²) >= 11 is 1.46. The topological polar surface area (TPSA) is 51.7 Å². The van der Waals surface area contributed by atoms with Crippen LogP contribution in [-0.2, 0) is 11.2 Å². The summed E-state index contributed by atoms with van der Waals surface area (Å²) in [5.74, 6) is 0.0162. The maximum Gasteiger partial charge on any atom is 0.266 e. The summed E-state index contributed by atoms with van der Waals surface area (Å²) in [6.07, 6.45) is 7.35. The number of carbonyl (C=O) groups excluding carboxylic acids is 1. The number of carbonyl (C=O) groups is 1. The van der Waals surface area contributed by atoms with Gasteiger partial charge in [-0.05, 0) is 91.0 Å². The highest BCUT2D eigenvalue weighted by Gasteiger charge is 2.33. The number of nitrogens with zero attached hydrogens (tertiary/aromatic N) is 3. The number of amidine groups is 1. The highest BCUT2D eigenvalue weighted by Crippen LogP contribution is 2.35. The number of hydrogen-bond acceptors (Lipinski definition) is 4. The number of rotatable bonds is 6. The first-order valence-electron chi connectivity index (χ1n) is 12.9. The fraction of sp³-hybridized carbons (Fsp3) is 0.226. The van der Waals surface area contributed by atoms with Gasteiger partial charge >= 0.3 is 0 Å². The van der Waals surface area contributed by atoms with Crippen LogP contribution in [0.15, 0.2) is 88.9 Å². The average Bonchev–Trinajstić information content (AvgIpc) is 3.66. The van der Waals surface area contributed by atoms with E-state index in [2.05, 4.69) is 59.4 Å². The quantitative estimate of drug-likeness (QED) is 0.289. The lowest BCUT2D eigenvalue weighted by atomic mass is 10.1. The third-order valence-electron chi connectivity index (χ3n) is 7.16. The second kappa shape index (κ2) is 10.3. The van der Waals surface area contributed by atoms with E-state index in [4.69, 9.17) is 4.99 Å². The number of aryl methyl sites for hydroxylation is 1. The average molecular weight is 507 g/mol. The van der Waals surface area contributed by atoms with Crippen LogP contribution >= 0.6 is 11.8 Å². The van der Waals surface area contributed by atoms with E-state index in [-0.39, 0.29) is 5.91 Å². The highest BCUT2D eigenvalue weighted by atomic mass is 32.2. The number of aromatic nitrogens is 1. The summed E-state index contributed by atoms with van der Waals surface area (Å²) in [6, 6.07) is 24.7. The van der Waals surface area contributed by atoms with Crippen LogP contribution in [0.2, 0.25) is 0 Å². The van der Waals surface area contributed by atoms with Crippen LogP contribution < -0.4 is 4.90 Å². The Labute approximate surface area is 221 Å². The number of thioether (sulfide) groups is 1. The molecule has 6 rings (SSSR count). The Balaban J connectivity index is 1.29. The summed E-state index contributed by atoms with van der Waals surface area (Å²) in [4.78, 5) is 26.9. The van der Waals surface area contributed by atoms with Crippen LogP contribution in [0.4, 0.5) is 11.4 Å². The first-order chi connectivity index (χ1) is 18.2. The van der Waals surface area contributed by atoms with Crippen LogP contribution in [0.1, 0.15) is 29.5 Å². The monoisotopic (exact) mass is 506 g/mol. The molecule has 6 heteroatoms. The summed E-state index contributed by atoms with van der Waals surface area (Å²) in [7, 11) is 0. The normalized spacial score (nSPS) is 18.1. The van der Waals surface area contributed by atoms with Gasteiger partial charge < -0.3 is 9.88 Å². The molecule has 2 fully saturated rings. The number of fused-ring (bicyclic) bond motifs is 1. The molecule has 0 spiro atoms. The molecule has 0 radical (unpaired) electrons. The van der Waals surface area contributed by atoms with Crippen molar-refractivity contribution in [1.29, 1.82) is 0 Å². The van der Waals surface area contributed by atoms with E-state index in [0.717, 1.165) is 41.4 Å².